The lowest BCUT2D eigenvalue weighted by molar-refractivity contribution is -0.147. The molecule has 0 spiro atoms. The summed E-state index contributed by atoms with van der Waals surface area (Å²) >= 11 is 0. The summed E-state index contributed by atoms with van der Waals surface area (Å²) in [6, 6.07) is -0.597. The standard InChI is InChI=1S/C35H66N6O6S2/c1-2-3-4-5-6-7-8-9-10-11-12-13-14-15-16-20-32(43)46-26-18-27-47-33(44)22-21-31(42)39-24-28-48-49-29-25-40-34(45)30(36)19-17-23-41-35(37)38/h9-10,30H,2-8,11-29,36H2,1H3,(H,39,42)(H,40,45)(H4,37,38,41)/b10-9-. The van der Waals surface area contributed by atoms with Crippen molar-refractivity contribution in [2.75, 3.05) is 44.4 Å². The van der Waals surface area contributed by atoms with Gasteiger partial charge in [0.15, 0.2) is 5.96 Å². The fourth-order valence-corrected chi connectivity index (χ4v) is 6.41. The molecule has 0 saturated heterocycles. The van der Waals surface area contributed by atoms with E-state index in [4.69, 9.17) is 26.4 Å². The number of nitrogens with one attached hydrogen (secondary N) is 4. The van der Waals surface area contributed by atoms with Crippen molar-refractivity contribution in [3.8, 4) is 0 Å². The van der Waals surface area contributed by atoms with Gasteiger partial charge in [0.2, 0.25) is 11.8 Å². The second-order valence-electron chi connectivity index (χ2n) is 12.0. The van der Waals surface area contributed by atoms with Crippen LogP contribution in [0.4, 0.5) is 0 Å². The van der Waals surface area contributed by atoms with Crippen molar-refractivity contribution in [1.29, 1.82) is 5.41 Å². The van der Waals surface area contributed by atoms with Gasteiger partial charge in [0.1, 0.15) is 0 Å². The van der Waals surface area contributed by atoms with E-state index in [1.165, 1.54) is 57.8 Å². The second-order valence-corrected chi connectivity index (χ2v) is 14.7. The molecule has 0 rings (SSSR count). The number of esters is 2. The summed E-state index contributed by atoms with van der Waals surface area (Å²) in [5.74, 6) is 0.202. The van der Waals surface area contributed by atoms with Gasteiger partial charge in [-0.3, -0.25) is 24.6 Å². The first-order valence-corrected chi connectivity index (χ1v) is 20.8. The van der Waals surface area contributed by atoms with Gasteiger partial charge in [-0.25, -0.2) is 0 Å². The lowest BCUT2D eigenvalue weighted by Gasteiger charge is -2.12. The molecule has 8 N–H and O–H groups in total. The maximum atomic E-state index is 12.0. The van der Waals surface area contributed by atoms with Gasteiger partial charge in [-0.2, -0.15) is 0 Å². The normalized spacial score (nSPS) is 11.6. The average molecular weight is 731 g/mol. The third-order valence-corrected chi connectivity index (χ3v) is 9.84. The Bertz CT molecular complexity index is 912. The van der Waals surface area contributed by atoms with E-state index in [9.17, 15) is 19.2 Å². The Balaban J connectivity index is 3.51. The van der Waals surface area contributed by atoms with Crippen molar-refractivity contribution in [3.63, 3.8) is 0 Å². The smallest absolute Gasteiger partial charge is 0.306 e. The van der Waals surface area contributed by atoms with E-state index in [0.29, 0.717) is 56.8 Å². The Hall–Kier alpha value is -2.45. The van der Waals surface area contributed by atoms with Crippen LogP contribution in [0.1, 0.15) is 129 Å². The van der Waals surface area contributed by atoms with E-state index in [-0.39, 0.29) is 49.8 Å². The van der Waals surface area contributed by atoms with Gasteiger partial charge in [-0.1, -0.05) is 92.0 Å². The van der Waals surface area contributed by atoms with Crippen molar-refractivity contribution >= 4 is 51.3 Å². The van der Waals surface area contributed by atoms with Crippen LogP contribution in [0.2, 0.25) is 0 Å². The van der Waals surface area contributed by atoms with E-state index in [1.807, 2.05) is 0 Å². The molecular formula is C35H66N6O6S2. The lowest BCUT2D eigenvalue weighted by Crippen LogP contribution is -2.42. The molecule has 0 fully saturated rings. The number of guanidine groups is 1. The van der Waals surface area contributed by atoms with Crippen LogP contribution in [0.5, 0.6) is 0 Å². The number of hydrogen-bond donors (Lipinski definition) is 6. The molecule has 0 aliphatic carbocycles. The Morgan fingerprint density at radius 3 is 1.84 bits per heavy atom. The van der Waals surface area contributed by atoms with Crippen molar-refractivity contribution in [1.82, 2.24) is 16.0 Å². The molecule has 1 atom stereocenters. The predicted molar refractivity (Wildman–Crippen MR) is 203 cm³/mol. The first kappa shape index (κ1) is 46.5. The van der Waals surface area contributed by atoms with Crippen molar-refractivity contribution < 1.29 is 28.7 Å². The third-order valence-electron chi connectivity index (χ3n) is 7.43. The van der Waals surface area contributed by atoms with Gasteiger partial charge in [0.05, 0.1) is 25.7 Å². The lowest BCUT2D eigenvalue weighted by atomic mass is 10.1. The van der Waals surface area contributed by atoms with Crippen molar-refractivity contribution in [2.24, 2.45) is 11.5 Å². The summed E-state index contributed by atoms with van der Waals surface area (Å²) < 4.78 is 10.4. The molecule has 49 heavy (non-hydrogen) atoms. The van der Waals surface area contributed by atoms with E-state index in [0.717, 1.165) is 25.7 Å². The van der Waals surface area contributed by atoms with E-state index < -0.39 is 12.0 Å². The summed E-state index contributed by atoms with van der Waals surface area (Å²) in [6.07, 6.45) is 22.5. The van der Waals surface area contributed by atoms with Crippen LogP contribution in [0, 0.1) is 5.41 Å². The van der Waals surface area contributed by atoms with Gasteiger partial charge in [-0.05, 0) is 44.9 Å². The van der Waals surface area contributed by atoms with Crippen LogP contribution in [-0.4, -0.2) is 80.1 Å². The summed E-state index contributed by atoms with van der Waals surface area (Å²) in [5.41, 5.74) is 11.1. The molecule has 0 heterocycles. The van der Waals surface area contributed by atoms with Crippen LogP contribution in [0.25, 0.3) is 0 Å². The highest BCUT2D eigenvalue weighted by Gasteiger charge is 2.12. The Kier molecular flexibility index (Phi) is 33.6. The molecule has 0 aliphatic heterocycles. The minimum Gasteiger partial charge on any atom is -0.466 e. The molecule has 0 aromatic carbocycles. The molecule has 0 saturated carbocycles. The monoisotopic (exact) mass is 730 g/mol. The first-order valence-electron chi connectivity index (χ1n) is 18.3. The zero-order valence-electron chi connectivity index (χ0n) is 30.0. The maximum absolute atomic E-state index is 12.0. The number of hydrogen-bond acceptors (Lipinski definition) is 10. The minimum absolute atomic E-state index is 0.00191. The van der Waals surface area contributed by atoms with Gasteiger partial charge < -0.3 is 36.9 Å². The van der Waals surface area contributed by atoms with Gasteiger partial charge in [0, 0.05) is 50.4 Å². The summed E-state index contributed by atoms with van der Waals surface area (Å²) in [4.78, 5) is 47.8. The van der Waals surface area contributed by atoms with Crippen LogP contribution in [-0.2, 0) is 28.7 Å². The molecule has 0 bridgehead atoms. The molecule has 14 heteroatoms. The van der Waals surface area contributed by atoms with E-state index in [1.54, 1.807) is 21.6 Å². The van der Waals surface area contributed by atoms with Gasteiger partial charge >= 0.3 is 11.9 Å². The summed E-state index contributed by atoms with van der Waals surface area (Å²) in [6.45, 7) is 4.08. The molecule has 0 radical (unpaired) electrons. The number of rotatable bonds is 34. The highest BCUT2D eigenvalue weighted by Crippen LogP contribution is 2.19. The average Bonchev–Trinajstić information content (AvgIpc) is 3.08. The number of allylic oxidation sites excluding steroid dienone is 2. The largest absolute Gasteiger partial charge is 0.466 e. The van der Waals surface area contributed by atoms with Crippen LogP contribution >= 0.6 is 21.6 Å². The molecule has 0 aromatic rings. The first-order chi connectivity index (χ1) is 23.8. The summed E-state index contributed by atoms with van der Waals surface area (Å²) in [7, 11) is 3.16. The fraction of sp³-hybridized carbons (Fsp3) is 0.800. The molecule has 0 aromatic heterocycles. The topological polar surface area (TPSA) is 199 Å². The SMILES string of the molecule is CCCCCCCC/C=C\CCCCCCCC(=O)OCCCOC(=O)CCC(=O)NCCSSCCNC(=O)C(N)CCCNC(=N)N. The fourth-order valence-electron chi connectivity index (χ4n) is 4.59. The number of ether oxygens (including phenoxy) is 2. The van der Waals surface area contributed by atoms with E-state index >= 15 is 0 Å². The van der Waals surface area contributed by atoms with E-state index in [2.05, 4.69) is 35.0 Å². The Labute approximate surface area is 303 Å². The molecule has 2 amide bonds. The number of carbonyl (C=O) groups is 4. The molecular weight excluding hydrogens is 665 g/mol. The van der Waals surface area contributed by atoms with Crippen LogP contribution in [0.3, 0.4) is 0 Å². The summed E-state index contributed by atoms with van der Waals surface area (Å²) in [5, 5.41) is 15.3. The zero-order valence-corrected chi connectivity index (χ0v) is 31.7. The maximum Gasteiger partial charge on any atom is 0.306 e. The molecule has 284 valence electrons. The number of amides is 2. The second kappa shape index (κ2) is 35.4. The third kappa shape index (κ3) is 35.2. The number of unbranched alkanes of at least 4 members (excludes halogenated alkanes) is 11. The van der Waals surface area contributed by atoms with Crippen molar-refractivity contribution in [3.05, 3.63) is 12.2 Å². The van der Waals surface area contributed by atoms with Gasteiger partial charge in [0.25, 0.3) is 0 Å². The molecule has 12 nitrogen and oxygen atoms in total. The number of carbonyl (C=O) groups excluding carboxylic acids is 4. The quantitative estimate of drug-likeness (QED) is 0.0122. The highest BCUT2D eigenvalue weighted by atomic mass is 33.1. The zero-order chi connectivity index (χ0) is 36.2. The number of nitrogens with two attached hydrogens (primary N) is 2. The molecule has 1 unspecified atom stereocenters. The Morgan fingerprint density at radius 2 is 1.22 bits per heavy atom. The Morgan fingerprint density at radius 1 is 0.673 bits per heavy atom. The van der Waals surface area contributed by atoms with Crippen molar-refractivity contribution in [2.45, 2.75) is 135 Å². The van der Waals surface area contributed by atoms with Gasteiger partial charge in [-0.15, -0.1) is 0 Å². The predicted octanol–water partition coefficient (Wildman–Crippen LogP) is 5.48. The van der Waals surface area contributed by atoms with Crippen LogP contribution < -0.4 is 27.4 Å². The molecule has 0 aliphatic rings. The minimum atomic E-state index is -0.597. The van der Waals surface area contributed by atoms with Crippen LogP contribution in [0.15, 0.2) is 12.2 Å². The highest BCUT2D eigenvalue weighted by molar-refractivity contribution is 8.76.